The van der Waals surface area contributed by atoms with E-state index in [0.717, 1.165) is 6.08 Å². The van der Waals surface area contributed by atoms with Gasteiger partial charge in [-0.3, -0.25) is 0 Å². The molecule has 0 amide bonds. The van der Waals surface area contributed by atoms with E-state index in [-0.39, 0.29) is 24.3 Å². The molecule has 0 rings (SSSR count). The number of carbonyl (C=O) groups is 1. The van der Waals surface area contributed by atoms with Crippen LogP contribution in [0.5, 0.6) is 0 Å². The van der Waals surface area contributed by atoms with Crippen LogP contribution < -0.4 is 24.0 Å². The number of hydrogen-bond donors (Lipinski definition) is 0. The van der Waals surface area contributed by atoms with Gasteiger partial charge < -0.3 is 15.4 Å². The van der Waals surface area contributed by atoms with Crippen LogP contribution in [0.2, 0.25) is 0 Å². The molecule has 0 spiro atoms. The summed E-state index contributed by atoms with van der Waals surface area (Å²) in [5, 5.41) is 9.14. The fourth-order valence-corrected chi connectivity index (χ4v) is 0. The average molecular weight is 96.0 g/mol. The molecule has 0 fully saturated rings. The van der Waals surface area contributed by atoms with Gasteiger partial charge in [0.05, 0.1) is 5.97 Å². The first-order valence-corrected chi connectivity index (χ1v) is 1.11. The topological polar surface area (TPSA) is 71.6 Å². The normalized spacial score (nSPS) is 4.57. The molecule has 0 heterocycles. The smallest absolute Gasteiger partial charge is 0.545 e. The van der Waals surface area contributed by atoms with Crippen LogP contribution in [0.1, 0.15) is 0 Å². The van der Waals surface area contributed by atoms with Crippen molar-refractivity contribution in [1.29, 1.82) is 0 Å². The van der Waals surface area contributed by atoms with Crippen LogP contribution in [0.3, 0.4) is 0 Å². The molecule has 0 aliphatic rings. The largest absolute Gasteiger partial charge is 1.00 e. The number of hydrogen-bond acceptors (Lipinski definition) is 2. The second-order valence-electron chi connectivity index (χ2n) is 0.523. The van der Waals surface area contributed by atoms with Crippen LogP contribution in [0.15, 0.2) is 12.7 Å². The Morgan fingerprint density at radius 2 is 1.86 bits per heavy atom. The molecule has 0 bridgehead atoms. The van der Waals surface area contributed by atoms with E-state index in [1.54, 1.807) is 0 Å². The summed E-state index contributed by atoms with van der Waals surface area (Å²) < 4.78 is 0. The molecule has 0 aromatic heterocycles. The second kappa shape index (κ2) is 9.24. The van der Waals surface area contributed by atoms with Crippen LogP contribution in [-0.4, -0.2) is 11.4 Å². The Balaban J connectivity index is -0.0000000800. The zero-order chi connectivity index (χ0) is 4.28. The predicted molar refractivity (Wildman–Crippen MR) is 18.8 cm³/mol. The molecule has 2 N–H and O–H groups in total. The summed E-state index contributed by atoms with van der Waals surface area (Å²) >= 11 is 0. The van der Waals surface area contributed by atoms with Crippen molar-refractivity contribution in [3.8, 4) is 0 Å². The summed E-state index contributed by atoms with van der Waals surface area (Å²) in [4.78, 5) is 9.14. The standard InChI is InChI=1S/C3H4O2.Li.H2O/c1-2-3(4)5;;/h2H,1H2,(H,4,5);;1H2/q;+1;/p-1. The van der Waals surface area contributed by atoms with Gasteiger partial charge in [-0.2, -0.15) is 0 Å². The third-order valence-electron chi connectivity index (χ3n) is 0.167. The Hall–Kier alpha value is -0.233. The maximum Gasteiger partial charge on any atom is 1.00 e. The average Bonchev–Trinajstić information content (AvgIpc) is 1.38. The number of aliphatic carboxylic acids is 1. The van der Waals surface area contributed by atoms with Gasteiger partial charge in [-0.15, -0.1) is 0 Å². The molecular weight excluding hydrogens is 91.0 g/mol. The maximum absolute atomic E-state index is 9.14. The first-order valence-electron chi connectivity index (χ1n) is 1.11. The Morgan fingerprint density at radius 3 is 1.86 bits per heavy atom. The van der Waals surface area contributed by atoms with Crippen molar-refractivity contribution in [2.45, 2.75) is 0 Å². The Kier molecular flexibility index (Phi) is 20.9. The minimum atomic E-state index is -1.23. The van der Waals surface area contributed by atoms with Crippen molar-refractivity contribution >= 4 is 5.97 Å². The first kappa shape index (κ1) is 15.9. The Labute approximate surface area is 53.5 Å². The van der Waals surface area contributed by atoms with Gasteiger partial charge in [0.1, 0.15) is 0 Å². The molecule has 0 atom stereocenters. The van der Waals surface area contributed by atoms with Crippen molar-refractivity contribution in [3.63, 3.8) is 0 Å². The molecule has 0 aromatic carbocycles. The van der Waals surface area contributed by atoms with E-state index in [4.69, 9.17) is 9.90 Å². The molecule has 0 aliphatic heterocycles. The molecule has 0 radical (unpaired) electrons. The minimum absolute atomic E-state index is 0. The van der Waals surface area contributed by atoms with Crippen LogP contribution in [0.25, 0.3) is 0 Å². The van der Waals surface area contributed by atoms with E-state index in [1.807, 2.05) is 0 Å². The summed E-state index contributed by atoms with van der Waals surface area (Å²) in [5.74, 6) is -1.23. The Bertz CT molecular complexity index is 61.2. The van der Waals surface area contributed by atoms with Gasteiger partial charge in [0.2, 0.25) is 0 Å². The van der Waals surface area contributed by atoms with Gasteiger partial charge in [-0.25, -0.2) is 0 Å². The molecule has 36 valence electrons. The third-order valence-corrected chi connectivity index (χ3v) is 0.167. The maximum atomic E-state index is 9.14. The molecule has 0 saturated carbocycles. The van der Waals surface area contributed by atoms with E-state index in [9.17, 15) is 0 Å². The SMILES string of the molecule is C=CC(=O)[O-].O.[Li+]. The monoisotopic (exact) mass is 96.0 g/mol. The molecule has 0 unspecified atom stereocenters. The van der Waals surface area contributed by atoms with E-state index in [1.165, 1.54) is 0 Å². The van der Waals surface area contributed by atoms with Crippen molar-refractivity contribution in [2.24, 2.45) is 0 Å². The predicted octanol–water partition coefficient (Wildman–Crippen LogP) is -4.90. The summed E-state index contributed by atoms with van der Waals surface area (Å²) in [6.45, 7) is 2.90. The first-order chi connectivity index (χ1) is 2.27. The van der Waals surface area contributed by atoms with E-state index in [2.05, 4.69) is 6.58 Å². The quantitative estimate of drug-likeness (QED) is 0.242. The van der Waals surface area contributed by atoms with Gasteiger partial charge in [0, 0.05) is 0 Å². The van der Waals surface area contributed by atoms with Crippen LogP contribution >= 0.6 is 0 Å². The molecule has 0 aliphatic carbocycles. The third kappa shape index (κ3) is 26.2. The zero-order valence-electron chi connectivity index (χ0n) is 4.10. The van der Waals surface area contributed by atoms with E-state index in [0.29, 0.717) is 0 Å². The fraction of sp³-hybridized carbons (Fsp3) is 0. The van der Waals surface area contributed by atoms with Crippen LogP contribution in [0.4, 0.5) is 0 Å². The number of rotatable bonds is 1. The summed E-state index contributed by atoms with van der Waals surface area (Å²) in [5.41, 5.74) is 0. The van der Waals surface area contributed by atoms with Crippen molar-refractivity contribution in [3.05, 3.63) is 12.7 Å². The summed E-state index contributed by atoms with van der Waals surface area (Å²) in [6.07, 6.45) is 0.722. The van der Waals surface area contributed by atoms with Gasteiger partial charge in [-0.05, 0) is 6.08 Å². The molecule has 3 nitrogen and oxygen atoms in total. The van der Waals surface area contributed by atoms with Gasteiger partial charge in [-0.1, -0.05) is 6.58 Å². The summed E-state index contributed by atoms with van der Waals surface area (Å²) in [7, 11) is 0. The molecule has 4 heteroatoms. The summed E-state index contributed by atoms with van der Waals surface area (Å²) in [6, 6.07) is 0. The number of carbonyl (C=O) groups excluding carboxylic acids is 1. The van der Waals surface area contributed by atoms with Crippen molar-refractivity contribution in [2.75, 3.05) is 0 Å². The van der Waals surface area contributed by atoms with Crippen molar-refractivity contribution in [1.82, 2.24) is 0 Å². The molecule has 7 heavy (non-hydrogen) atoms. The van der Waals surface area contributed by atoms with Crippen LogP contribution in [0, 0.1) is 0 Å². The van der Waals surface area contributed by atoms with Crippen LogP contribution in [-0.2, 0) is 4.79 Å². The number of carboxylic acids is 1. The Morgan fingerprint density at radius 1 is 1.71 bits per heavy atom. The van der Waals surface area contributed by atoms with E-state index < -0.39 is 5.97 Å². The zero-order valence-corrected chi connectivity index (χ0v) is 4.10. The van der Waals surface area contributed by atoms with Gasteiger partial charge >= 0.3 is 18.9 Å². The molecule has 0 aromatic rings. The van der Waals surface area contributed by atoms with Gasteiger partial charge in [0.25, 0.3) is 0 Å². The second-order valence-corrected chi connectivity index (χ2v) is 0.523. The number of carboxylic acid groups (broad SMARTS) is 1. The minimum Gasteiger partial charge on any atom is -0.545 e. The molecular formula is C3H5LiO3. The van der Waals surface area contributed by atoms with E-state index >= 15 is 0 Å². The van der Waals surface area contributed by atoms with Crippen molar-refractivity contribution < 1.29 is 34.2 Å². The fourth-order valence-electron chi connectivity index (χ4n) is 0. The van der Waals surface area contributed by atoms with Gasteiger partial charge in [0.15, 0.2) is 0 Å². The molecule has 0 saturated heterocycles.